The van der Waals surface area contributed by atoms with Gasteiger partial charge in [0.1, 0.15) is 12.0 Å². The van der Waals surface area contributed by atoms with E-state index in [1.54, 1.807) is 0 Å². The Morgan fingerprint density at radius 3 is 2.67 bits per heavy atom. The molecule has 7 nitrogen and oxygen atoms in total. The third-order valence-corrected chi connectivity index (χ3v) is 1.74. The van der Waals surface area contributed by atoms with Crippen molar-refractivity contribution in [2.24, 2.45) is 0 Å². The minimum Gasteiger partial charge on any atom is -0.303 e. The maximum Gasteiger partial charge on any atom is 0.326 e. The average Bonchev–Trinajstić information content (AvgIpc) is 2.45. The van der Waals surface area contributed by atoms with Crippen molar-refractivity contribution < 1.29 is 9.59 Å². The molecule has 0 unspecified atom stereocenters. The minimum absolute atomic E-state index is 0.0154. The number of carbonyl (C=O) groups is 2. The van der Waals surface area contributed by atoms with Gasteiger partial charge in [0.25, 0.3) is 5.91 Å². The third kappa shape index (κ3) is 2.08. The Balaban J connectivity index is 2.31. The van der Waals surface area contributed by atoms with Crippen molar-refractivity contribution >= 4 is 29.6 Å². The van der Waals surface area contributed by atoms with E-state index in [9.17, 15) is 9.59 Å². The van der Waals surface area contributed by atoms with Crippen LogP contribution in [0, 0.1) is 0 Å². The average molecular weight is 226 g/mol. The van der Waals surface area contributed by atoms with Gasteiger partial charge in [-0.3, -0.25) is 10.1 Å². The summed E-state index contributed by atoms with van der Waals surface area (Å²) in [5.41, 5.74) is 0.0715. The number of carbonyl (C=O) groups excluding carboxylic acids is 2. The van der Waals surface area contributed by atoms with Gasteiger partial charge in [0.15, 0.2) is 5.82 Å². The predicted octanol–water partition coefficient (Wildman–Crippen LogP) is -0.295. The fourth-order valence-electron chi connectivity index (χ4n) is 0.969. The second-order valence-electron chi connectivity index (χ2n) is 2.58. The monoisotopic (exact) mass is 225 g/mol. The topological polar surface area (TPSA) is 96.9 Å². The quantitative estimate of drug-likeness (QED) is 0.505. The lowest BCUT2D eigenvalue weighted by molar-refractivity contribution is -0.115. The highest BCUT2D eigenvalue weighted by Crippen LogP contribution is 2.04. The van der Waals surface area contributed by atoms with Crippen LogP contribution in [0.3, 0.4) is 0 Å². The second-order valence-corrected chi connectivity index (χ2v) is 2.92. The van der Waals surface area contributed by atoms with Crippen molar-refractivity contribution in [2.45, 2.75) is 0 Å². The van der Waals surface area contributed by atoms with E-state index < -0.39 is 11.9 Å². The summed E-state index contributed by atoms with van der Waals surface area (Å²) in [7, 11) is 0. The smallest absolute Gasteiger partial charge is 0.303 e. The van der Waals surface area contributed by atoms with E-state index in [1.165, 1.54) is 12.4 Å². The third-order valence-electron chi connectivity index (χ3n) is 1.55. The number of hydrogen-bond donors (Lipinski definition) is 2. The number of urea groups is 1. The van der Waals surface area contributed by atoms with Crippen LogP contribution >= 0.6 is 11.6 Å². The van der Waals surface area contributed by atoms with Crippen molar-refractivity contribution in [1.29, 1.82) is 0 Å². The van der Waals surface area contributed by atoms with Gasteiger partial charge in [0.2, 0.25) is 5.28 Å². The Hall–Kier alpha value is -2.02. The molecule has 0 aromatic carbocycles. The summed E-state index contributed by atoms with van der Waals surface area (Å²) in [6, 6.07) is -0.577. The van der Waals surface area contributed by atoms with Gasteiger partial charge in [-0.15, -0.1) is 0 Å². The number of hydrogen-bond acceptors (Lipinski definition) is 5. The van der Waals surface area contributed by atoms with Crippen molar-refractivity contribution in [2.75, 3.05) is 0 Å². The maximum absolute atomic E-state index is 11.1. The number of nitrogens with zero attached hydrogens (tertiary/aromatic N) is 3. The van der Waals surface area contributed by atoms with Gasteiger partial charge in [-0.2, -0.15) is 4.98 Å². The Labute approximate surface area is 88.6 Å². The van der Waals surface area contributed by atoms with Gasteiger partial charge in [-0.25, -0.2) is 14.8 Å². The molecule has 15 heavy (non-hydrogen) atoms. The summed E-state index contributed by atoms with van der Waals surface area (Å²) >= 11 is 5.52. The van der Waals surface area contributed by atoms with Crippen LogP contribution in [-0.4, -0.2) is 26.9 Å². The highest BCUT2D eigenvalue weighted by atomic mass is 35.5. The van der Waals surface area contributed by atoms with E-state index in [0.717, 1.165) is 0 Å². The van der Waals surface area contributed by atoms with E-state index in [2.05, 4.69) is 20.3 Å². The van der Waals surface area contributed by atoms with E-state index in [0.29, 0.717) is 0 Å². The zero-order valence-corrected chi connectivity index (χ0v) is 7.95. The molecule has 0 spiro atoms. The van der Waals surface area contributed by atoms with Gasteiger partial charge in [0.05, 0.1) is 0 Å². The summed E-state index contributed by atoms with van der Waals surface area (Å²) in [6.45, 7) is 0. The number of aromatic nitrogens is 3. The summed E-state index contributed by atoms with van der Waals surface area (Å²) in [5.74, 6) is -0.334. The molecule has 0 atom stereocenters. The Morgan fingerprint density at radius 2 is 2.07 bits per heavy atom. The summed E-state index contributed by atoms with van der Waals surface area (Å²) in [6.07, 6.45) is 2.50. The standard InChI is InChI=1S/C7H4ClN5O2/c8-6-10-2-9-4(12-6)1-3-5(14)13-7(15)11-3/h1-2H,(H2,11,13,14,15). The van der Waals surface area contributed by atoms with Crippen LogP contribution in [0.5, 0.6) is 0 Å². The van der Waals surface area contributed by atoms with E-state index in [1.807, 2.05) is 5.32 Å². The first kappa shape index (κ1) is 9.53. The molecule has 3 amide bonds. The zero-order valence-electron chi connectivity index (χ0n) is 7.19. The van der Waals surface area contributed by atoms with E-state index >= 15 is 0 Å². The predicted molar refractivity (Wildman–Crippen MR) is 49.5 cm³/mol. The highest BCUT2D eigenvalue weighted by Gasteiger charge is 2.23. The molecule has 1 aromatic rings. The molecular weight excluding hydrogens is 222 g/mol. The van der Waals surface area contributed by atoms with Crippen LogP contribution in [0.1, 0.15) is 5.82 Å². The molecule has 0 bridgehead atoms. The van der Waals surface area contributed by atoms with Crippen molar-refractivity contribution in [1.82, 2.24) is 25.6 Å². The van der Waals surface area contributed by atoms with Crippen LogP contribution in [-0.2, 0) is 4.79 Å². The number of halogens is 1. The molecule has 1 saturated heterocycles. The zero-order chi connectivity index (χ0) is 10.8. The summed E-state index contributed by atoms with van der Waals surface area (Å²) < 4.78 is 0. The SMILES string of the molecule is O=C1NC(=O)C(=Cc2ncnc(Cl)n2)N1. The molecule has 1 aliphatic rings. The largest absolute Gasteiger partial charge is 0.326 e. The number of amides is 3. The molecule has 0 aliphatic carbocycles. The molecule has 76 valence electrons. The second kappa shape index (κ2) is 3.62. The van der Waals surface area contributed by atoms with Crippen molar-refractivity contribution in [3.8, 4) is 0 Å². The van der Waals surface area contributed by atoms with E-state index in [4.69, 9.17) is 11.6 Å². The summed E-state index contributed by atoms with van der Waals surface area (Å²) in [4.78, 5) is 32.9. The molecular formula is C7H4ClN5O2. The normalized spacial score (nSPS) is 17.8. The molecule has 0 radical (unpaired) electrons. The van der Waals surface area contributed by atoms with Gasteiger partial charge in [0, 0.05) is 6.08 Å². The lowest BCUT2D eigenvalue weighted by atomic mass is 10.4. The Kier molecular flexibility index (Phi) is 2.30. The molecule has 0 saturated carbocycles. The highest BCUT2D eigenvalue weighted by molar-refractivity contribution is 6.28. The molecule has 8 heteroatoms. The van der Waals surface area contributed by atoms with Gasteiger partial charge in [-0.05, 0) is 11.6 Å². The molecule has 1 fully saturated rings. The lowest BCUT2D eigenvalue weighted by Gasteiger charge is -1.93. The lowest BCUT2D eigenvalue weighted by Crippen LogP contribution is -2.22. The van der Waals surface area contributed by atoms with Gasteiger partial charge in [-0.1, -0.05) is 0 Å². The van der Waals surface area contributed by atoms with Crippen LogP contribution in [0.15, 0.2) is 12.0 Å². The van der Waals surface area contributed by atoms with Crippen LogP contribution in [0.2, 0.25) is 5.28 Å². The first-order valence-corrected chi connectivity index (χ1v) is 4.21. The molecule has 2 N–H and O–H groups in total. The van der Waals surface area contributed by atoms with Crippen LogP contribution in [0.25, 0.3) is 6.08 Å². The molecule has 1 aromatic heterocycles. The van der Waals surface area contributed by atoms with Crippen molar-refractivity contribution in [3.05, 3.63) is 23.1 Å². The number of rotatable bonds is 1. The van der Waals surface area contributed by atoms with Crippen LogP contribution in [0.4, 0.5) is 4.79 Å². The molecule has 2 rings (SSSR count). The fourth-order valence-corrected chi connectivity index (χ4v) is 1.10. The summed E-state index contributed by atoms with van der Waals surface area (Å²) in [5, 5.41) is 4.35. The molecule has 1 aliphatic heterocycles. The van der Waals surface area contributed by atoms with E-state index in [-0.39, 0.29) is 16.8 Å². The van der Waals surface area contributed by atoms with Gasteiger partial charge < -0.3 is 5.32 Å². The fraction of sp³-hybridized carbons (Fsp3) is 0. The minimum atomic E-state index is -0.577. The van der Waals surface area contributed by atoms with Crippen LogP contribution < -0.4 is 10.6 Å². The number of nitrogens with one attached hydrogen (secondary N) is 2. The Bertz CT molecular complexity index is 472. The number of imide groups is 1. The molecule has 2 heterocycles. The first-order chi connectivity index (χ1) is 7.15. The van der Waals surface area contributed by atoms with Gasteiger partial charge >= 0.3 is 6.03 Å². The van der Waals surface area contributed by atoms with Crippen molar-refractivity contribution in [3.63, 3.8) is 0 Å². The Morgan fingerprint density at radius 1 is 1.27 bits per heavy atom. The maximum atomic E-state index is 11.1. The first-order valence-electron chi connectivity index (χ1n) is 3.84.